The second-order valence-electron chi connectivity index (χ2n) is 4.88. The molecule has 1 heterocycles. The molecule has 0 aliphatic rings. The second-order valence-corrected chi connectivity index (χ2v) is 4.88. The van der Waals surface area contributed by atoms with Gasteiger partial charge in [-0.25, -0.2) is 0 Å². The van der Waals surface area contributed by atoms with Gasteiger partial charge in [0.25, 0.3) is 5.91 Å². The summed E-state index contributed by atoms with van der Waals surface area (Å²) in [5.74, 6) is -0.0745. The maximum absolute atomic E-state index is 12.0. The minimum atomic E-state index is -0.0745. The Morgan fingerprint density at radius 1 is 1.25 bits per heavy atom. The van der Waals surface area contributed by atoms with E-state index >= 15 is 0 Å². The van der Waals surface area contributed by atoms with E-state index in [2.05, 4.69) is 5.32 Å². The Hall–Kier alpha value is -2.07. The number of hydrogen-bond acceptors (Lipinski definition) is 2. The van der Waals surface area contributed by atoms with Gasteiger partial charge in [0, 0.05) is 36.3 Å². The topological polar surface area (TPSA) is 54.3 Å². The van der Waals surface area contributed by atoms with Crippen molar-refractivity contribution in [2.45, 2.75) is 25.8 Å². The average molecular weight is 272 g/mol. The second kappa shape index (κ2) is 6.91. The lowest BCUT2D eigenvalue weighted by atomic mass is 10.1. The molecule has 1 aromatic carbocycles. The molecule has 106 valence electrons. The summed E-state index contributed by atoms with van der Waals surface area (Å²) in [5.41, 5.74) is 1.68. The molecule has 0 fully saturated rings. The number of benzene rings is 1. The number of aliphatic hydroxyl groups excluding tert-OH is 1. The number of carbonyl (C=O) groups is 1. The van der Waals surface area contributed by atoms with Crippen LogP contribution in [0.4, 0.5) is 0 Å². The van der Waals surface area contributed by atoms with Crippen LogP contribution < -0.4 is 5.32 Å². The van der Waals surface area contributed by atoms with Crippen molar-refractivity contribution in [1.29, 1.82) is 0 Å². The third kappa shape index (κ3) is 3.71. The highest BCUT2D eigenvalue weighted by Gasteiger charge is 2.09. The van der Waals surface area contributed by atoms with Crippen LogP contribution in [0, 0.1) is 0 Å². The van der Waals surface area contributed by atoms with Gasteiger partial charge >= 0.3 is 0 Å². The number of rotatable bonds is 6. The summed E-state index contributed by atoms with van der Waals surface area (Å²) in [4.78, 5) is 12.0. The fourth-order valence-corrected chi connectivity index (χ4v) is 2.07. The first-order chi connectivity index (χ1) is 9.70. The van der Waals surface area contributed by atoms with Crippen molar-refractivity contribution in [3.8, 4) is 5.69 Å². The molecule has 4 nitrogen and oxygen atoms in total. The normalized spacial score (nSPS) is 12.1. The highest BCUT2D eigenvalue weighted by Crippen LogP contribution is 2.10. The Morgan fingerprint density at radius 3 is 2.50 bits per heavy atom. The molecule has 4 heteroatoms. The lowest BCUT2D eigenvalue weighted by molar-refractivity contribution is 0.0936. The third-order valence-corrected chi connectivity index (χ3v) is 3.20. The Labute approximate surface area is 119 Å². The van der Waals surface area contributed by atoms with Crippen LogP contribution in [0.5, 0.6) is 0 Å². The monoisotopic (exact) mass is 272 g/mol. The number of hydrogen-bond donors (Lipinski definition) is 2. The van der Waals surface area contributed by atoms with E-state index in [1.165, 1.54) is 0 Å². The number of amides is 1. The molecular weight excluding hydrogens is 252 g/mol. The van der Waals surface area contributed by atoms with Gasteiger partial charge in [0.05, 0.1) is 0 Å². The van der Waals surface area contributed by atoms with Gasteiger partial charge in [0.15, 0.2) is 0 Å². The first-order valence-corrected chi connectivity index (χ1v) is 6.86. The van der Waals surface area contributed by atoms with Crippen molar-refractivity contribution in [3.05, 3.63) is 54.4 Å². The average Bonchev–Trinajstić information content (AvgIpc) is 2.99. The van der Waals surface area contributed by atoms with Crippen molar-refractivity contribution >= 4 is 5.91 Å². The maximum Gasteiger partial charge on any atom is 0.251 e. The van der Waals surface area contributed by atoms with Crippen molar-refractivity contribution in [3.63, 3.8) is 0 Å². The molecule has 0 bridgehead atoms. The van der Waals surface area contributed by atoms with E-state index in [1.54, 1.807) is 0 Å². The standard InChI is InChI=1S/C16H20N2O2/c1-13(5-4-12-19)17-16(20)14-6-8-15(9-7-14)18-10-2-3-11-18/h2-3,6-11,13,19H,4-5,12H2,1H3,(H,17,20). The lowest BCUT2D eigenvalue weighted by Crippen LogP contribution is -2.32. The third-order valence-electron chi connectivity index (χ3n) is 3.20. The summed E-state index contributed by atoms with van der Waals surface area (Å²) >= 11 is 0. The minimum Gasteiger partial charge on any atom is -0.396 e. The van der Waals surface area contributed by atoms with Gasteiger partial charge in [0.2, 0.25) is 0 Å². The Bertz CT molecular complexity index is 532. The molecule has 2 N–H and O–H groups in total. The van der Waals surface area contributed by atoms with E-state index in [0.29, 0.717) is 12.0 Å². The summed E-state index contributed by atoms with van der Waals surface area (Å²) in [6.07, 6.45) is 5.41. The predicted molar refractivity (Wildman–Crippen MR) is 79.0 cm³/mol. The number of nitrogens with one attached hydrogen (secondary N) is 1. The lowest BCUT2D eigenvalue weighted by Gasteiger charge is -2.13. The Balaban J connectivity index is 1.97. The van der Waals surface area contributed by atoms with Crippen LogP contribution in [0.2, 0.25) is 0 Å². The summed E-state index contributed by atoms with van der Waals surface area (Å²) < 4.78 is 1.99. The number of aromatic nitrogens is 1. The fraction of sp³-hybridized carbons (Fsp3) is 0.312. The number of aliphatic hydroxyl groups is 1. The molecule has 0 aliphatic carbocycles. The predicted octanol–water partition coefficient (Wildman–Crippen LogP) is 2.37. The zero-order valence-electron chi connectivity index (χ0n) is 11.6. The zero-order valence-corrected chi connectivity index (χ0v) is 11.6. The first kappa shape index (κ1) is 14.3. The molecule has 0 aliphatic heterocycles. The van der Waals surface area contributed by atoms with E-state index in [4.69, 9.17) is 5.11 Å². The Morgan fingerprint density at radius 2 is 1.90 bits per heavy atom. The van der Waals surface area contributed by atoms with E-state index in [0.717, 1.165) is 12.1 Å². The van der Waals surface area contributed by atoms with E-state index < -0.39 is 0 Å². The van der Waals surface area contributed by atoms with E-state index in [9.17, 15) is 4.79 Å². The molecule has 1 unspecified atom stereocenters. The van der Waals surface area contributed by atoms with Crippen LogP contribution in [-0.2, 0) is 0 Å². The van der Waals surface area contributed by atoms with Crippen LogP contribution >= 0.6 is 0 Å². The van der Waals surface area contributed by atoms with Crippen molar-refractivity contribution in [1.82, 2.24) is 9.88 Å². The van der Waals surface area contributed by atoms with Crippen LogP contribution in [0.15, 0.2) is 48.8 Å². The summed E-state index contributed by atoms with van der Waals surface area (Å²) in [5, 5.41) is 11.7. The van der Waals surface area contributed by atoms with Crippen molar-refractivity contribution < 1.29 is 9.90 Å². The van der Waals surface area contributed by atoms with Gasteiger partial charge in [0.1, 0.15) is 0 Å². The SMILES string of the molecule is CC(CCCO)NC(=O)c1ccc(-n2cccc2)cc1. The molecule has 0 saturated heterocycles. The smallest absolute Gasteiger partial charge is 0.251 e. The van der Waals surface area contributed by atoms with Crippen LogP contribution in [0.3, 0.4) is 0 Å². The number of nitrogens with zero attached hydrogens (tertiary/aromatic N) is 1. The summed E-state index contributed by atoms with van der Waals surface area (Å²) in [6, 6.07) is 11.5. The van der Waals surface area contributed by atoms with Crippen LogP contribution in [-0.4, -0.2) is 28.2 Å². The molecule has 2 rings (SSSR count). The molecule has 1 aromatic heterocycles. The maximum atomic E-state index is 12.0. The Kier molecular flexibility index (Phi) is 4.96. The van der Waals surface area contributed by atoms with Crippen LogP contribution in [0.1, 0.15) is 30.1 Å². The van der Waals surface area contributed by atoms with E-state index in [1.807, 2.05) is 60.3 Å². The molecule has 0 radical (unpaired) electrons. The first-order valence-electron chi connectivity index (χ1n) is 6.86. The largest absolute Gasteiger partial charge is 0.396 e. The van der Waals surface area contributed by atoms with Gasteiger partial charge in [-0.2, -0.15) is 0 Å². The molecule has 20 heavy (non-hydrogen) atoms. The van der Waals surface area contributed by atoms with Gasteiger partial charge in [-0.3, -0.25) is 4.79 Å². The van der Waals surface area contributed by atoms with Crippen molar-refractivity contribution in [2.75, 3.05) is 6.61 Å². The quantitative estimate of drug-likeness (QED) is 0.848. The van der Waals surface area contributed by atoms with E-state index in [-0.39, 0.29) is 18.6 Å². The van der Waals surface area contributed by atoms with Crippen LogP contribution in [0.25, 0.3) is 5.69 Å². The van der Waals surface area contributed by atoms with Gasteiger partial charge < -0.3 is 15.0 Å². The molecule has 0 spiro atoms. The number of carbonyl (C=O) groups excluding carboxylic acids is 1. The highest BCUT2D eigenvalue weighted by molar-refractivity contribution is 5.94. The summed E-state index contributed by atoms with van der Waals surface area (Å²) in [7, 11) is 0. The molecule has 0 saturated carbocycles. The molecule has 2 aromatic rings. The minimum absolute atomic E-state index is 0.0683. The van der Waals surface area contributed by atoms with Crippen molar-refractivity contribution in [2.24, 2.45) is 0 Å². The highest BCUT2D eigenvalue weighted by atomic mass is 16.3. The molecule has 1 amide bonds. The van der Waals surface area contributed by atoms with Gasteiger partial charge in [-0.1, -0.05) is 0 Å². The van der Waals surface area contributed by atoms with Gasteiger partial charge in [-0.15, -0.1) is 0 Å². The zero-order chi connectivity index (χ0) is 14.4. The molecular formula is C16H20N2O2. The van der Waals surface area contributed by atoms with Gasteiger partial charge in [-0.05, 0) is 56.2 Å². The fourth-order valence-electron chi connectivity index (χ4n) is 2.07. The molecule has 1 atom stereocenters. The summed E-state index contributed by atoms with van der Waals surface area (Å²) in [6.45, 7) is 2.10.